The van der Waals surface area contributed by atoms with Gasteiger partial charge in [0.2, 0.25) is 5.91 Å². The molecule has 0 aliphatic carbocycles. The van der Waals surface area contributed by atoms with E-state index in [-0.39, 0.29) is 11.9 Å². The van der Waals surface area contributed by atoms with Crippen molar-refractivity contribution in [3.8, 4) is 0 Å². The highest BCUT2D eigenvalue weighted by molar-refractivity contribution is 5.83. The van der Waals surface area contributed by atoms with Crippen LogP contribution in [0.25, 0.3) is 0 Å². The zero-order valence-electron chi connectivity index (χ0n) is 11.6. The summed E-state index contributed by atoms with van der Waals surface area (Å²) in [7, 11) is 0. The van der Waals surface area contributed by atoms with Gasteiger partial charge < -0.3 is 5.32 Å². The Morgan fingerprint density at radius 1 is 1.42 bits per heavy atom. The Morgan fingerprint density at radius 3 is 2.79 bits per heavy atom. The molecule has 2 rings (SSSR count). The third-order valence-electron chi connectivity index (χ3n) is 3.32. The smallest absolute Gasteiger partial charge is 0.222 e. The van der Waals surface area contributed by atoms with Crippen LogP contribution in [0.15, 0.2) is 35.4 Å². The molecule has 0 fully saturated rings. The maximum Gasteiger partial charge on any atom is 0.222 e. The fourth-order valence-electron chi connectivity index (χ4n) is 2.16. The van der Waals surface area contributed by atoms with Crippen LogP contribution >= 0.6 is 0 Å². The fourth-order valence-corrected chi connectivity index (χ4v) is 2.16. The van der Waals surface area contributed by atoms with Crippen molar-refractivity contribution in [1.29, 1.82) is 0 Å². The molecule has 4 heteroatoms. The quantitative estimate of drug-likeness (QED) is 0.882. The minimum Gasteiger partial charge on any atom is -0.350 e. The lowest BCUT2D eigenvalue weighted by Gasteiger charge is -2.16. The van der Waals surface area contributed by atoms with Crippen molar-refractivity contribution < 1.29 is 4.79 Å². The van der Waals surface area contributed by atoms with Gasteiger partial charge in [-0.25, -0.2) is 0 Å². The Bertz CT molecular complexity index is 456. The number of hydrogen-bond acceptors (Lipinski definition) is 3. The van der Waals surface area contributed by atoms with Gasteiger partial charge in [0.1, 0.15) is 0 Å². The number of carbonyl (C=O) groups excluding carboxylic acids is 1. The Kier molecular flexibility index (Phi) is 4.55. The predicted molar refractivity (Wildman–Crippen MR) is 76.9 cm³/mol. The molecule has 1 aromatic carbocycles. The molecule has 1 aliphatic rings. The fraction of sp³-hybridized carbons (Fsp3) is 0.467. The van der Waals surface area contributed by atoms with Crippen LogP contribution in [0.4, 0.5) is 0 Å². The second kappa shape index (κ2) is 6.36. The number of amides is 1. The topological polar surface area (TPSA) is 44.7 Å². The lowest BCUT2D eigenvalue weighted by Crippen LogP contribution is -2.29. The molecular formula is C15H21N3O. The van der Waals surface area contributed by atoms with Crippen LogP contribution in [-0.4, -0.2) is 29.7 Å². The summed E-state index contributed by atoms with van der Waals surface area (Å²) in [5.74, 6) is 0.0797. The van der Waals surface area contributed by atoms with Gasteiger partial charge in [0.05, 0.1) is 6.04 Å². The Hall–Kier alpha value is -1.84. The van der Waals surface area contributed by atoms with Gasteiger partial charge in [-0.1, -0.05) is 30.3 Å². The Balaban J connectivity index is 1.75. The van der Waals surface area contributed by atoms with Crippen LogP contribution in [-0.2, 0) is 4.79 Å². The van der Waals surface area contributed by atoms with Gasteiger partial charge in [-0.2, -0.15) is 5.10 Å². The van der Waals surface area contributed by atoms with Gasteiger partial charge >= 0.3 is 0 Å². The lowest BCUT2D eigenvalue weighted by atomic mass is 10.1. The number of carbonyl (C=O) groups is 1. The normalized spacial score (nSPS) is 16.1. The SMILES string of the molecule is CC1=NN(CCC(=O)NC(C)c2ccccc2)CC1. The molecule has 0 bridgehead atoms. The van der Waals surface area contributed by atoms with E-state index >= 15 is 0 Å². The van der Waals surface area contributed by atoms with Crippen LogP contribution in [0.1, 0.15) is 38.3 Å². The summed E-state index contributed by atoms with van der Waals surface area (Å²) < 4.78 is 0. The molecule has 0 aromatic heterocycles. The Morgan fingerprint density at radius 2 is 2.16 bits per heavy atom. The van der Waals surface area contributed by atoms with E-state index in [9.17, 15) is 4.79 Å². The number of rotatable bonds is 5. The minimum atomic E-state index is 0.0533. The number of hydrazone groups is 1. The first-order valence-electron chi connectivity index (χ1n) is 6.78. The second-order valence-electron chi connectivity index (χ2n) is 4.99. The van der Waals surface area contributed by atoms with E-state index in [1.54, 1.807) is 0 Å². The molecule has 0 spiro atoms. The first kappa shape index (κ1) is 13.6. The van der Waals surface area contributed by atoms with Gasteiger partial charge in [-0.15, -0.1) is 0 Å². The Labute approximate surface area is 114 Å². The molecule has 19 heavy (non-hydrogen) atoms. The van der Waals surface area contributed by atoms with Crippen molar-refractivity contribution in [1.82, 2.24) is 10.3 Å². The molecule has 0 radical (unpaired) electrons. The van der Waals surface area contributed by atoms with E-state index in [0.29, 0.717) is 13.0 Å². The average molecular weight is 259 g/mol. The van der Waals surface area contributed by atoms with Crippen LogP contribution in [0, 0.1) is 0 Å². The summed E-state index contributed by atoms with van der Waals surface area (Å²) in [5, 5.41) is 9.36. The summed E-state index contributed by atoms with van der Waals surface area (Å²) >= 11 is 0. The largest absolute Gasteiger partial charge is 0.350 e. The van der Waals surface area contributed by atoms with Crippen molar-refractivity contribution >= 4 is 11.6 Å². The molecule has 0 saturated carbocycles. The second-order valence-corrected chi connectivity index (χ2v) is 4.99. The zero-order valence-corrected chi connectivity index (χ0v) is 11.6. The van der Waals surface area contributed by atoms with Crippen molar-refractivity contribution in [2.45, 2.75) is 32.7 Å². The van der Waals surface area contributed by atoms with Crippen molar-refractivity contribution in [3.63, 3.8) is 0 Å². The van der Waals surface area contributed by atoms with Gasteiger partial charge in [0, 0.05) is 31.6 Å². The van der Waals surface area contributed by atoms with Crippen LogP contribution in [0.3, 0.4) is 0 Å². The number of hydrogen-bond donors (Lipinski definition) is 1. The third kappa shape index (κ3) is 4.09. The highest BCUT2D eigenvalue weighted by Crippen LogP contribution is 2.11. The molecule has 1 aromatic rings. The van der Waals surface area contributed by atoms with Gasteiger partial charge in [-0.05, 0) is 19.4 Å². The number of benzene rings is 1. The predicted octanol–water partition coefficient (Wildman–Crippen LogP) is 2.34. The molecule has 1 atom stereocenters. The number of nitrogens with one attached hydrogen (secondary N) is 1. The van der Waals surface area contributed by atoms with Crippen LogP contribution < -0.4 is 5.32 Å². The molecule has 102 valence electrons. The molecule has 1 heterocycles. The summed E-state index contributed by atoms with van der Waals surface area (Å²) in [6, 6.07) is 10.1. The zero-order chi connectivity index (χ0) is 13.7. The molecule has 0 saturated heterocycles. The highest BCUT2D eigenvalue weighted by atomic mass is 16.1. The molecule has 1 aliphatic heterocycles. The van der Waals surface area contributed by atoms with E-state index in [1.807, 2.05) is 49.2 Å². The summed E-state index contributed by atoms with van der Waals surface area (Å²) in [5.41, 5.74) is 2.28. The van der Waals surface area contributed by atoms with E-state index in [1.165, 1.54) is 0 Å². The van der Waals surface area contributed by atoms with Crippen molar-refractivity contribution in [3.05, 3.63) is 35.9 Å². The highest BCUT2D eigenvalue weighted by Gasteiger charge is 2.13. The molecule has 1 amide bonds. The van der Waals surface area contributed by atoms with E-state index in [2.05, 4.69) is 10.4 Å². The summed E-state index contributed by atoms with van der Waals surface area (Å²) in [4.78, 5) is 11.9. The first-order valence-corrected chi connectivity index (χ1v) is 6.78. The summed E-state index contributed by atoms with van der Waals surface area (Å²) in [6.45, 7) is 5.67. The van der Waals surface area contributed by atoms with E-state index < -0.39 is 0 Å². The molecule has 1 unspecified atom stereocenters. The third-order valence-corrected chi connectivity index (χ3v) is 3.32. The lowest BCUT2D eigenvalue weighted by molar-refractivity contribution is -0.122. The van der Waals surface area contributed by atoms with Gasteiger partial charge in [-0.3, -0.25) is 9.80 Å². The average Bonchev–Trinajstić information content (AvgIpc) is 2.83. The minimum absolute atomic E-state index is 0.0533. The maximum atomic E-state index is 11.9. The van der Waals surface area contributed by atoms with Crippen LogP contribution in [0.5, 0.6) is 0 Å². The van der Waals surface area contributed by atoms with Crippen molar-refractivity contribution in [2.75, 3.05) is 13.1 Å². The standard InChI is InChI=1S/C15H21N3O/c1-12-8-10-18(17-12)11-9-15(19)16-13(2)14-6-4-3-5-7-14/h3-7,13H,8-11H2,1-2H3,(H,16,19). The molecule has 1 N–H and O–H groups in total. The van der Waals surface area contributed by atoms with Crippen LogP contribution in [0.2, 0.25) is 0 Å². The van der Waals surface area contributed by atoms with Crippen molar-refractivity contribution in [2.24, 2.45) is 5.10 Å². The van der Waals surface area contributed by atoms with E-state index in [0.717, 1.165) is 24.2 Å². The summed E-state index contributed by atoms with van der Waals surface area (Å²) in [6.07, 6.45) is 1.51. The molecular weight excluding hydrogens is 238 g/mol. The number of nitrogens with zero attached hydrogens (tertiary/aromatic N) is 2. The molecule has 4 nitrogen and oxygen atoms in total. The van der Waals surface area contributed by atoms with Gasteiger partial charge in [0.15, 0.2) is 0 Å². The first-order chi connectivity index (χ1) is 9.15. The maximum absolute atomic E-state index is 11.9. The van der Waals surface area contributed by atoms with Gasteiger partial charge in [0.25, 0.3) is 0 Å². The monoisotopic (exact) mass is 259 g/mol. The van der Waals surface area contributed by atoms with E-state index in [4.69, 9.17) is 0 Å².